The van der Waals surface area contributed by atoms with E-state index in [2.05, 4.69) is 26.0 Å². The van der Waals surface area contributed by atoms with Crippen LogP contribution in [-0.2, 0) is 114 Å². The average molecular weight is 1330 g/mol. The number of rotatable bonds is 77. The second-order valence-electron chi connectivity index (χ2n) is 19.3. The minimum atomic E-state index is -0.0655. The van der Waals surface area contributed by atoms with Gasteiger partial charge in [-0.2, -0.15) is 11.8 Å². The molecule has 0 aromatic rings. The van der Waals surface area contributed by atoms with E-state index in [0.717, 1.165) is 25.0 Å². The Morgan fingerprint density at radius 2 is 0.622 bits per heavy atom. The highest BCUT2D eigenvalue weighted by Gasteiger charge is 2.42. The third-order valence-corrected chi connectivity index (χ3v) is 13.7. The number of nitrogens with zero attached hydrogens (tertiary/aromatic N) is 2. The molecule has 0 aromatic heterocycles. The summed E-state index contributed by atoms with van der Waals surface area (Å²) in [4.78, 5) is 26.5. The van der Waals surface area contributed by atoms with Crippen molar-refractivity contribution in [2.45, 2.75) is 43.0 Å². The molecule has 0 unspecified atom stereocenters. The van der Waals surface area contributed by atoms with E-state index in [-0.39, 0.29) is 24.0 Å². The lowest BCUT2D eigenvalue weighted by atomic mass is 10.0. The van der Waals surface area contributed by atoms with Crippen LogP contribution in [0.5, 0.6) is 0 Å². The predicted octanol–water partition coefficient (Wildman–Crippen LogP) is 0.761. The van der Waals surface area contributed by atoms with Crippen LogP contribution in [0.25, 0.3) is 0 Å². The van der Waals surface area contributed by atoms with Gasteiger partial charge in [0.1, 0.15) is 17.2 Å². The Morgan fingerprint density at radius 3 is 0.878 bits per heavy atom. The van der Waals surface area contributed by atoms with Gasteiger partial charge >= 0.3 is 6.03 Å². The fourth-order valence-electron chi connectivity index (χ4n) is 7.72. The summed E-state index contributed by atoms with van der Waals surface area (Å²) >= 11 is 1.90. The van der Waals surface area contributed by atoms with E-state index in [1.54, 1.807) is 0 Å². The molecule has 0 bridgehead atoms. The lowest BCUT2D eigenvalue weighted by Gasteiger charge is -2.16. The zero-order chi connectivity index (χ0) is 63.9. The SMILES string of the molecule is N=[N+]=NCCOCCOCCOCCOCCOCCOCCOCCOCCOCCOCCOCCOCCOCCOCCOCCOCCOCCOCCOCCOCCOCCOCCOCCNC(=O)CCCC[C@@H]1SC[C@@H]2NC(=O)N[C@@H]21. The molecule has 90 heavy (non-hydrogen) atoms. The highest BCUT2D eigenvalue weighted by Crippen LogP contribution is 2.33. The van der Waals surface area contributed by atoms with Gasteiger partial charge in [-0.05, 0) is 12.8 Å². The van der Waals surface area contributed by atoms with Crippen molar-refractivity contribution in [3.05, 3.63) is 0 Å². The third kappa shape index (κ3) is 60.4. The van der Waals surface area contributed by atoms with E-state index < -0.39 is 0 Å². The lowest BCUT2D eigenvalue weighted by Crippen LogP contribution is -2.36. The minimum absolute atomic E-state index is 0.0369. The summed E-state index contributed by atoms with van der Waals surface area (Å²) in [5, 5.41) is 12.8. The number of hydrogen-bond acceptors (Lipinski definition) is 28. The van der Waals surface area contributed by atoms with E-state index in [1.807, 2.05) is 11.8 Å². The van der Waals surface area contributed by atoms with Crippen LogP contribution >= 0.6 is 11.8 Å². The predicted molar refractivity (Wildman–Crippen MR) is 328 cm³/mol. The number of urea groups is 1. The topological polar surface area (TPSA) is 333 Å². The second kappa shape index (κ2) is 70.8. The first-order valence-electron chi connectivity index (χ1n) is 32.0. The summed E-state index contributed by atoms with van der Waals surface area (Å²) in [6.45, 7) is 22.8. The molecule has 0 saturated carbocycles. The number of amides is 3. The van der Waals surface area contributed by atoms with Gasteiger partial charge in [0.2, 0.25) is 10.8 Å². The van der Waals surface area contributed by atoms with Gasteiger partial charge in [-0.25, -0.2) is 4.79 Å². The largest absolute Gasteiger partial charge is 0.377 e. The van der Waals surface area contributed by atoms with Gasteiger partial charge in [0.25, 0.3) is 0 Å². The average Bonchev–Trinajstić information content (AvgIpc) is 1.77. The zero-order valence-electron chi connectivity index (χ0n) is 53.7. The number of ether oxygens (including phenoxy) is 23. The van der Waals surface area contributed by atoms with E-state index >= 15 is 0 Å². The number of unbranched alkanes of at least 4 members (excludes halogenated alkanes) is 1. The van der Waals surface area contributed by atoms with Crippen molar-refractivity contribution >= 4 is 23.7 Å². The van der Waals surface area contributed by atoms with Crippen molar-refractivity contribution in [3.8, 4) is 0 Å². The first-order chi connectivity index (χ1) is 44.7. The summed E-state index contributed by atoms with van der Waals surface area (Å²) < 4.78 is 127. The molecule has 2 aliphatic heterocycles. The van der Waals surface area contributed by atoms with Crippen LogP contribution in [-0.4, -0.2) is 352 Å². The quantitative estimate of drug-likeness (QED) is 0.0283. The van der Waals surface area contributed by atoms with Crippen LogP contribution in [0.3, 0.4) is 0 Å². The molecule has 4 N–H and O–H groups in total. The summed E-state index contributed by atoms with van der Waals surface area (Å²) in [6.07, 6.45) is 3.31. The smallest absolute Gasteiger partial charge is 0.315 e. The highest BCUT2D eigenvalue weighted by molar-refractivity contribution is 8.00. The summed E-state index contributed by atoms with van der Waals surface area (Å²) in [7, 11) is 0. The van der Waals surface area contributed by atoms with Crippen molar-refractivity contribution in [3.63, 3.8) is 0 Å². The normalized spacial score (nSPS) is 15.4. The molecule has 2 rings (SSSR count). The Kier molecular flexibility index (Phi) is 65.7. The molecule has 2 heterocycles. The fraction of sp³-hybridized carbons (Fsp3) is 0.966. The number of thioether (sulfide) groups is 1. The molecular formula is C58H113N6O25S+. The van der Waals surface area contributed by atoms with Crippen molar-refractivity contribution in [2.24, 2.45) is 5.11 Å². The maximum atomic E-state index is 12.1. The fourth-order valence-corrected chi connectivity index (χ4v) is 9.26. The van der Waals surface area contributed by atoms with E-state index in [0.29, 0.717) is 329 Å². The van der Waals surface area contributed by atoms with Gasteiger partial charge in [-0.1, -0.05) is 6.42 Å². The Balaban J connectivity index is 1.09. The van der Waals surface area contributed by atoms with Gasteiger partial charge in [-0.15, -0.1) is 0 Å². The second-order valence-corrected chi connectivity index (χ2v) is 20.5. The van der Waals surface area contributed by atoms with Crippen LogP contribution in [0, 0.1) is 5.53 Å². The lowest BCUT2D eigenvalue weighted by molar-refractivity contribution is -0.121. The number of hydrogen-bond donors (Lipinski definition) is 4. The molecule has 0 aliphatic carbocycles. The van der Waals surface area contributed by atoms with Gasteiger partial charge in [0, 0.05) is 24.0 Å². The van der Waals surface area contributed by atoms with Crippen LogP contribution in [0.4, 0.5) is 4.79 Å². The molecule has 2 saturated heterocycles. The van der Waals surface area contributed by atoms with Gasteiger partial charge < -0.3 is 125 Å². The molecule has 0 aromatic carbocycles. The molecular weight excluding hydrogens is 1210 g/mol. The van der Waals surface area contributed by atoms with Crippen LogP contribution in [0.1, 0.15) is 25.7 Å². The Hall–Kier alpha value is -2.52. The van der Waals surface area contributed by atoms with Gasteiger partial charge in [0.05, 0.1) is 316 Å². The number of fused-ring (bicyclic) bond motifs is 1. The first-order valence-corrected chi connectivity index (χ1v) is 33.0. The standard InChI is InChI=1S/C58H112N6O25S/c59-64-61-6-8-68-10-12-70-14-16-72-18-20-74-22-24-76-26-28-78-30-32-80-34-36-82-38-40-84-42-44-86-46-48-88-50-52-89-51-49-87-47-45-85-43-41-83-39-37-81-35-33-79-31-29-77-27-25-75-23-21-73-19-17-71-15-13-69-11-9-67-7-5-60-56(65)4-2-1-3-55-57-54(53-90-55)62-58(66)63-57/h54-55,57,59H,1-53H2,(H2-,60,62,63,65,66)/p+1/t54-,55-,57-/m0/s1. The van der Waals surface area contributed by atoms with Gasteiger partial charge in [-0.3, -0.25) is 4.79 Å². The number of nitrogens with one attached hydrogen (secondary N) is 4. The van der Waals surface area contributed by atoms with Crippen molar-refractivity contribution in [1.82, 2.24) is 20.9 Å². The van der Waals surface area contributed by atoms with E-state index in [1.165, 1.54) is 0 Å². The van der Waals surface area contributed by atoms with Crippen LogP contribution in [0.15, 0.2) is 5.11 Å². The van der Waals surface area contributed by atoms with E-state index in [4.69, 9.17) is 114 Å². The van der Waals surface area contributed by atoms with E-state index in [9.17, 15) is 9.59 Å². The Bertz CT molecular complexity index is 1570. The van der Waals surface area contributed by atoms with Gasteiger partial charge in [0.15, 0.2) is 0 Å². The zero-order valence-corrected chi connectivity index (χ0v) is 54.5. The van der Waals surface area contributed by atoms with Crippen molar-refractivity contribution in [1.29, 1.82) is 5.53 Å². The highest BCUT2D eigenvalue weighted by atomic mass is 32.2. The van der Waals surface area contributed by atoms with Crippen LogP contribution in [0.2, 0.25) is 0 Å². The molecule has 0 spiro atoms. The van der Waals surface area contributed by atoms with Crippen LogP contribution < -0.4 is 20.9 Å². The summed E-state index contributed by atoms with van der Waals surface area (Å²) in [6, 6.07) is 0.386. The molecule has 31 nitrogen and oxygen atoms in total. The molecule has 530 valence electrons. The molecule has 0 radical (unpaired) electrons. The number of carbonyl (C=O) groups excluding carboxylic acids is 2. The molecule has 3 amide bonds. The van der Waals surface area contributed by atoms with Crippen molar-refractivity contribution in [2.75, 3.05) is 323 Å². The molecule has 2 aliphatic rings. The minimum Gasteiger partial charge on any atom is -0.377 e. The maximum Gasteiger partial charge on any atom is 0.315 e. The number of carbonyl (C=O) groups is 2. The third-order valence-electron chi connectivity index (χ3n) is 12.2. The van der Waals surface area contributed by atoms with Crippen molar-refractivity contribution < 1.29 is 119 Å². The maximum absolute atomic E-state index is 12.1. The molecule has 3 atom stereocenters. The summed E-state index contributed by atoms with van der Waals surface area (Å²) in [5.41, 5.74) is 6.54. The Labute approximate surface area is 537 Å². The molecule has 2 fully saturated rings. The molecule has 32 heteroatoms. The monoisotopic (exact) mass is 1330 g/mol. The Morgan fingerprint density at radius 1 is 0.378 bits per heavy atom. The summed E-state index contributed by atoms with van der Waals surface area (Å²) in [5.74, 6) is 0.990. The first kappa shape index (κ1) is 83.6.